The van der Waals surface area contributed by atoms with Gasteiger partial charge in [0.15, 0.2) is 5.17 Å². The van der Waals surface area contributed by atoms with Crippen LogP contribution in [0.3, 0.4) is 0 Å². The predicted octanol–water partition coefficient (Wildman–Crippen LogP) is 5.76. The Morgan fingerprint density at radius 2 is 1.85 bits per heavy atom. The summed E-state index contributed by atoms with van der Waals surface area (Å²) in [4.78, 5) is 18.5. The fourth-order valence-corrected chi connectivity index (χ4v) is 4.01. The Hall–Kier alpha value is -1.66. The molecule has 1 fully saturated rings. The molecule has 0 aromatic heterocycles. The van der Waals surface area contributed by atoms with Crippen LogP contribution in [0.25, 0.3) is 6.08 Å². The molecule has 0 unspecified atom stereocenters. The molecule has 2 aromatic rings. The summed E-state index contributed by atoms with van der Waals surface area (Å²) in [7, 11) is 3.34. The maximum absolute atomic E-state index is 12.4. The zero-order valence-corrected chi connectivity index (χ0v) is 17.6. The number of aliphatic imine (C=N–C) groups is 1. The van der Waals surface area contributed by atoms with Gasteiger partial charge in [0.1, 0.15) is 12.4 Å². The molecular formula is C19H15Cl3N2O2S. The molecule has 1 aliphatic rings. The Morgan fingerprint density at radius 1 is 1.15 bits per heavy atom. The van der Waals surface area contributed by atoms with Crippen molar-refractivity contribution >= 4 is 63.7 Å². The number of likely N-dealkylation sites (N-methyl/N-ethyl adjacent to an activating group) is 1. The number of carbonyl (C=O) groups is 1. The molecule has 2 aromatic carbocycles. The summed E-state index contributed by atoms with van der Waals surface area (Å²) in [5, 5.41) is 2.29. The molecule has 140 valence electrons. The third kappa shape index (κ3) is 4.61. The Bertz CT molecular complexity index is 960. The number of carbonyl (C=O) groups excluding carboxylic acids is 1. The highest BCUT2D eigenvalue weighted by Gasteiger charge is 2.30. The van der Waals surface area contributed by atoms with Gasteiger partial charge >= 0.3 is 0 Å². The van der Waals surface area contributed by atoms with E-state index in [1.807, 2.05) is 6.07 Å². The summed E-state index contributed by atoms with van der Waals surface area (Å²) in [6.07, 6.45) is 1.76. The summed E-state index contributed by atoms with van der Waals surface area (Å²) in [5.74, 6) is 0.475. The molecule has 0 saturated carbocycles. The van der Waals surface area contributed by atoms with Gasteiger partial charge in [-0.05, 0) is 48.2 Å². The first-order valence-electron chi connectivity index (χ1n) is 7.89. The van der Waals surface area contributed by atoms with E-state index in [-0.39, 0.29) is 12.5 Å². The minimum Gasteiger partial charge on any atom is -0.488 e. The van der Waals surface area contributed by atoms with Crippen LogP contribution in [0.5, 0.6) is 5.75 Å². The zero-order valence-electron chi connectivity index (χ0n) is 14.5. The highest BCUT2D eigenvalue weighted by atomic mass is 35.5. The van der Waals surface area contributed by atoms with Gasteiger partial charge in [0.25, 0.3) is 5.91 Å². The molecule has 0 radical (unpaired) electrons. The standard InChI is InChI=1S/C19H15Cl3N2O2S/c1-23-19-24(2)18(25)17(27-19)8-12-7-13(20)5-6-16(12)26-10-11-3-4-14(21)9-15(11)22/h3-9H,10H2,1-2H3/b17-8+,23-19?. The van der Waals surface area contributed by atoms with E-state index in [0.717, 1.165) is 5.56 Å². The highest BCUT2D eigenvalue weighted by molar-refractivity contribution is 8.18. The number of ether oxygens (including phenoxy) is 1. The smallest absolute Gasteiger partial charge is 0.266 e. The number of amides is 1. The van der Waals surface area contributed by atoms with Gasteiger partial charge in [0.05, 0.1) is 4.91 Å². The van der Waals surface area contributed by atoms with Crippen molar-refractivity contribution in [1.82, 2.24) is 4.90 Å². The van der Waals surface area contributed by atoms with E-state index in [4.69, 9.17) is 39.5 Å². The Kier molecular flexibility index (Phi) is 6.37. The lowest BCUT2D eigenvalue weighted by Crippen LogP contribution is -2.23. The van der Waals surface area contributed by atoms with Crippen LogP contribution < -0.4 is 4.74 Å². The fraction of sp³-hybridized carbons (Fsp3) is 0.158. The number of thioether (sulfide) groups is 1. The van der Waals surface area contributed by atoms with Gasteiger partial charge in [-0.1, -0.05) is 40.9 Å². The van der Waals surface area contributed by atoms with Crippen molar-refractivity contribution in [3.05, 3.63) is 67.5 Å². The molecule has 1 heterocycles. The van der Waals surface area contributed by atoms with Crippen LogP contribution >= 0.6 is 46.6 Å². The molecule has 0 N–H and O–H groups in total. The largest absolute Gasteiger partial charge is 0.488 e. The van der Waals surface area contributed by atoms with Gasteiger partial charge in [0.2, 0.25) is 0 Å². The number of benzene rings is 2. The summed E-state index contributed by atoms with van der Waals surface area (Å²) in [6, 6.07) is 10.5. The van der Waals surface area contributed by atoms with Crippen molar-refractivity contribution in [2.45, 2.75) is 6.61 Å². The molecule has 0 bridgehead atoms. The van der Waals surface area contributed by atoms with E-state index in [9.17, 15) is 4.79 Å². The number of halogens is 3. The van der Waals surface area contributed by atoms with Crippen molar-refractivity contribution in [3.8, 4) is 5.75 Å². The maximum atomic E-state index is 12.4. The number of rotatable bonds is 4. The highest BCUT2D eigenvalue weighted by Crippen LogP contribution is 2.34. The van der Waals surface area contributed by atoms with Crippen LogP contribution in [0, 0.1) is 0 Å². The van der Waals surface area contributed by atoms with Gasteiger partial charge in [-0.2, -0.15) is 0 Å². The predicted molar refractivity (Wildman–Crippen MR) is 114 cm³/mol. The molecule has 27 heavy (non-hydrogen) atoms. The normalized spacial score (nSPS) is 17.2. The first-order valence-corrected chi connectivity index (χ1v) is 9.84. The van der Waals surface area contributed by atoms with Crippen molar-refractivity contribution < 1.29 is 9.53 Å². The van der Waals surface area contributed by atoms with E-state index in [1.54, 1.807) is 50.5 Å². The van der Waals surface area contributed by atoms with Gasteiger partial charge < -0.3 is 4.74 Å². The number of hydrogen-bond donors (Lipinski definition) is 0. The van der Waals surface area contributed by atoms with Gasteiger partial charge in [-0.15, -0.1) is 0 Å². The van der Waals surface area contributed by atoms with E-state index in [0.29, 0.717) is 36.5 Å². The molecule has 0 spiro atoms. The van der Waals surface area contributed by atoms with Crippen LogP contribution in [0.2, 0.25) is 15.1 Å². The maximum Gasteiger partial charge on any atom is 0.266 e. The minimum atomic E-state index is -0.118. The number of hydrogen-bond acceptors (Lipinski definition) is 4. The number of nitrogens with zero attached hydrogens (tertiary/aromatic N) is 2. The van der Waals surface area contributed by atoms with Crippen LogP contribution in [0.15, 0.2) is 46.3 Å². The molecule has 1 aliphatic heterocycles. The molecule has 0 atom stereocenters. The van der Waals surface area contributed by atoms with Crippen LogP contribution in [-0.2, 0) is 11.4 Å². The van der Waals surface area contributed by atoms with Crippen molar-refractivity contribution in [3.63, 3.8) is 0 Å². The Balaban J connectivity index is 1.88. The second kappa shape index (κ2) is 8.57. The van der Waals surface area contributed by atoms with Crippen LogP contribution in [-0.4, -0.2) is 30.1 Å². The first-order chi connectivity index (χ1) is 12.9. The lowest BCUT2D eigenvalue weighted by molar-refractivity contribution is -0.121. The minimum absolute atomic E-state index is 0.118. The van der Waals surface area contributed by atoms with Crippen molar-refractivity contribution in [1.29, 1.82) is 0 Å². The van der Waals surface area contributed by atoms with E-state index >= 15 is 0 Å². The summed E-state index contributed by atoms with van der Waals surface area (Å²) in [5.41, 5.74) is 1.51. The molecule has 1 amide bonds. The second-order valence-electron chi connectivity index (χ2n) is 5.69. The molecular weight excluding hydrogens is 427 g/mol. The second-order valence-corrected chi connectivity index (χ2v) is 7.98. The Morgan fingerprint density at radius 3 is 2.52 bits per heavy atom. The van der Waals surface area contributed by atoms with Gasteiger partial charge in [0, 0.05) is 40.3 Å². The lowest BCUT2D eigenvalue weighted by Gasteiger charge is -2.11. The van der Waals surface area contributed by atoms with Crippen LogP contribution in [0.1, 0.15) is 11.1 Å². The van der Waals surface area contributed by atoms with E-state index in [2.05, 4.69) is 4.99 Å². The molecule has 3 rings (SSSR count). The van der Waals surface area contributed by atoms with Gasteiger partial charge in [-0.3, -0.25) is 14.7 Å². The Labute approximate surface area is 176 Å². The van der Waals surface area contributed by atoms with Crippen molar-refractivity contribution in [2.75, 3.05) is 14.1 Å². The van der Waals surface area contributed by atoms with E-state index in [1.165, 1.54) is 16.7 Å². The van der Waals surface area contributed by atoms with Crippen molar-refractivity contribution in [2.24, 2.45) is 4.99 Å². The molecule has 4 nitrogen and oxygen atoms in total. The summed E-state index contributed by atoms with van der Waals surface area (Å²) in [6.45, 7) is 0.260. The average molecular weight is 442 g/mol. The SMILES string of the molecule is CN=C1S/C(=C/c2cc(Cl)ccc2OCc2ccc(Cl)cc2Cl)C(=O)N1C. The zero-order chi connectivity index (χ0) is 19.6. The third-order valence-corrected chi connectivity index (χ3v) is 5.83. The summed E-state index contributed by atoms with van der Waals surface area (Å²) < 4.78 is 5.93. The average Bonchev–Trinajstić information content (AvgIpc) is 2.90. The fourth-order valence-electron chi connectivity index (χ4n) is 2.45. The number of amidine groups is 1. The molecule has 8 heteroatoms. The molecule has 0 aliphatic carbocycles. The summed E-state index contributed by atoms with van der Waals surface area (Å²) >= 11 is 19.6. The van der Waals surface area contributed by atoms with E-state index < -0.39 is 0 Å². The third-order valence-electron chi connectivity index (χ3n) is 3.85. The first kappa shape index (κ1) is 20.1. The monoisotopic (exact) mass is 440 g/mol. The lowest BCUT2D eigenvalue weighted by atomic mass is 10.1. The molecule has 1 saturated heterocycles. The van der Waals surface area contributed by atoms with Gasteiger partial charge in [-0.25, -0.2) is 0 Å². The topological polar surface area (TPSA) is 41.9 Å². The quantitative estimate of drug-likeness (QED) is 0.567. The van der Waals surface area contributed by atoms with Crippen LogP contribution in [0.4, 0.5) is 0 Å².